The fraction of sp³-hybridized carbons (Fsp3) is 0.391. The van der Waals surface area contributed by atoms with Gasteiger partial charge in [-0.3, -0.25) is 9.98 Å². The summed E-state index contributed by atoms with van der Waals surface area (Å²) in [6, 6.07) is 2.02. The summed E-state index contributed by atoms with van der Waals surface area (Å²) in [5, 5.41) is 6.65. The topological polar surface area (TPSA) is 127 Å². The number of pyridine rings is 1. The molecule has 0 saturated carbocycles. The van der Waals surface area contributed by atoms with Gasteiger partial charge in [0.25, 0.3) is 0 Å². The van der Waals surface area contributed by atoms with Crippen LogP contribution in [0.15, 0.2) is 53.2 Å². The van der Waals surface area contributed by atoms with Gasteiger partial charge in [-0.05, 0) is 62.3 Å². The lowest BCUT2D eigenvalue weighted by Crippen LogP contribution is -2.38. The van der Waals surface area contributed by atoms with Crippen molar-refractivity contribution in [1.29, 1.82) is 0 Å². The van der Waals surface area contributed by atoms with Gasteiger partial charge in [-0.1, -0.05) is 20.8 Å². The van der Waals surface area contributed by atoms with Crippen LogP contribution in [-0.4, -0.2) is 22.9 Å². The predicted molar refractivity (Wildman–Crippen MR) is 128 cm³/mol. The average molecular weight is 410 g/mol. The van der Waals surface area contributed by atoms with Crippen LogP contribution in [0.5, 0.6) is 0 Å². The Morgan fingerprint density at radius 2 is 2.07 bits per heavy atom. The molecular weight excluding hydrogens is 374 g/mol. The Bertz CT molecular complexity index is 889. The van der Waals surface area contributed by atoms with Crippen LogP contribution in [0.4, 0.5) is 5.69 Å². The number of rotatable bonds is 8. The van der Waals surface area contributed by atoms with Crippen molar-refractivity contribution in [2.45, 2.75) is 52.7 Å². The van der Waals surface area contributed by atoms with E-state index in [0.29, 0.717) is 11.7 Å². The molecule has 2 heterocycles. The van der Waals surface area contributed by atoms with E-state index in [9.17, 15) is 0 Å². The lowest BCUT2D eigenvalue weighted by Gasteiger charge is -2.24. The SMILES string of the molecule is CCC(C)(C)N=CC(=CN)c1cnc2c(c1)NC(N/C(N)=C/C(=C\N)C(C)C)C=C2. The van der Waals surface area contributed by atoms with Gasteiger partial charge in [0.1, 0.15) is 6.17 Å². The normalized spacial score (nSPS) is 17.9. The van der Waals surface area contributed by atoms with Crippen LogP contribution in [0.1, 0.15) is 52.3 Å². The summed E-state index contributed by atoms with van der Waals surface area (Å²) in [5.74, 6) is 0.824. The largest absolute Gasteiger partial charge is 0.404 e. The molecule has 0 amide bonds. The molecule has 0 saturated heterocycles. The van der Waals surface area contributed by atoms with E-state index < -0.39 is 0 Å². The molecule has 0 aliphatic carbocycles. The van der Waals surface area contributed by atoms with Crippen molar-refractivity contribution in [3.8, 4) is 0 Å². The Morgan fingerprint density at radius 1 is 1.33 bits per heavy atom. The number of nitrogens with zero attached hydrogens (tertiary/aromatic N) is 2. The Morgan fingerprint density at radius 3 is 2.67 bits per heavy atom. The lowest BCUT2D eigenvalue weighted by molar-refractivity contribution is 0.508. The van der Waals surface area contributed by atoms with Gasteiger partial charge in [0, 0.05) is 29.7 Å². The molecule has 0 spiro atoms. The highest BCUT2D eigenvalue weighted by Gasteiger charge is 2.16. The third-order valence-corrected chi connectivity index (χ3v) is 5.11. The van der Waals surface area contributed by atoms with Crippen LogP contribution < -0.4 is 27.8 Å². The van der Waals surface area contributed by atoms with Crippen LogP contribution in [0.2, 0.25) is 0 Å². The quantitative estimate of drug-likeness (QED) is 0.331. The molecule has 1 aromatic rings. The number of aliphatic imine (C=N–C) groups is 1. The molecule has 0 aromatic carbocycles. The number of nitrogens with one attached hydrogen (secondary N) is 2. The van der Waals surface area contributed by atoms with Gasteiger partial charge in [0.15, 0.2) is 0 Å². The van der Waals surface area contributed by atoms with E-state index in [2.05, 4.69) is 55.2 Å². The molecule has 1 unspecified atom stereocenters. The molecule has 7 nitrogen and oxygen atoms in total. The molecule has 30 heavy (non-hydrogen) atoms. The van der Waals surface area contributed by atoms with Gasteiger partial charge in [-0.15, -0.1) is 0 Å². The zero-order valence-electron chi connectivity index (χ0n) is 18.6. The summed E-state index contributed by atoms with van der Waals surface area (Å²) in [5.41, 5.74) is 22.0. The predicted octanol–water partition coefficient (Wildman–Crippen LogP) is 3.29. The first-order chi connectivity index (χ1) is 14.2. The van der Waals surface area contributed by atoms with Crippen molar-refractivity contribution >= 4 is 23.6 Å². The van der Waals surface area contributed by atoms with E-state index >= 15 is 0 Å². The number of hydrogen-bond donors (Lipinski definition) is 5. The fourth-order valence-corrected chi connectivity index (χ4v) is 2.73. The van der Waals surface area contributed by atoms with E-state index in [0.717, 1.165) is 34.5 Å². The number of aromatic nitrogens is 1. The second-order valence-corrected chi connectivity index (χ2v) is 8.25. The molecular formula is C23H35N7. The third-order valence-electron chi connectivity index (χ3n) is 5.11. The maximum Gasteiger partial charge on any atom is 0.117 e. The third kappa shape index (κ3) is 6.14. The molecule has 162 valence electrons. The fourth-order valence-electron chi connectivity index (χ4n) is 2.73. The lowest BCUT2D eigenvalue weighted by atomic mass is 10.0. The van der Waals surface area contributed by atoms with Crippen LogP contribution in [0.3, 0.4) is 0 Å². The van der Waals surface area contributed by atoms with E-state index in [-0.39, 0.29) is 11.7 Å². The minimum atomic E-state index is -0.171. The number of allylic oxidation sites excluding steroid dienone is 3. The number of hydrogen-bond acceptors (Lipinski definition) is 7. The number of anilines is 1. The number of fused-ring (bicyclic) bond motifs is 1. The highest BCUT2D eigenvalue weighted by atomic mass is 15.2. The first-order valence-electron chi connectivity index (χ1n) is 10.3. The summed E-state index contributed by atoms with van der Waals surface area (Å²) in [7, 11) is 0. The average Bonchev–Trinajstić information content (AvgIpc) is 2.71. The van der Waals surface area contributed by atoms with E-state index in [4.69, 9.17) is 17.2 Å². The molecule has 1 aliphatic heterocycles. The summed E-state index contributed by atoms with van der Waals surface area (Å²) in [4.78, 5) is 9.20. The molecule has 8 N–H and O–H groups in total. The summed E-state index contributed by atoms with van der Waals surface area (Å²) in [6.45, 7) is 10.4. The molecule has 1 atom stereocenters. The highest BCUT2D eigenvalue weighted by molar-refractivity contribution is 6.10. The van der Waals surface area contributed by atoms with E-state index in [1.807, 2.05) is 30.5 Å². The standard InChI is InChI=1S/C23H35N7/c1-6-23(4,5)28-14-18(12-25)17-9-20-19(27-13-17)7-8-22(29-20)30-21(26)10-16(11-24)15(2)3/h7-15,22,29-30H,6,24-26H2,1-5H3/b16-11+,18-12?,21-10+,28-14?. The first-order valence-corrected chi connectivity index (χ1v) is 10.3. The maximum atomic E-state index is 6.15. The van der Waals surface area contributed by atoms with Gasteiger partial charge >= 0.3 is 0 Å². The minimum Gasteiger partial charge on any atom is -0.404 e. The Hall–Kier alpha value is -3.22. The van der Waals surface area contributed by atoms with Gasteiger partial charge in [-0.25, -0.2) is 0 Å². The first kappa shape index (κ1) is 23.1. The number of nitrogens with two attached hydrogens (primary N) is 3. The summed E-state index contributed by atoms with van der Waals surface area (Å²) in [6.07, 6.45) is 13.3. The molecule has 0 bridgehead atoms. The Kier molecular flexibility index (Phi) is 7.69. The molecule has 1 aromatic heterocycles. The second-order valence-electron chi connectivity index (χ2n) is 8.25. The molecule has 7 heteroatoms. The van der Waals surface area contributed by atoms with Crippen LogP contribution in [0, 0.1) is 5.92 Å². The van der Waals surface area contributed by atoms with Crippen molar-refractivity contribution in [1.82, 2.24) is 10.3 Å². The van der Waals surface area contributed by atoms with Crippen LogP contribution >= 0.6 is 0 Å². The van der Waals surface area contributed by atoms with E-state index in [1.165, 1.54) is 0 Å². The monoisotopic (exact) mass is 409 g/mol. The van der Waals surface area contributed by atoms with Crippen LogP contribution in [-0.2, 0) is 0 Å². The van der Waals surface area contributed by atoms with E-state index in [1.54, 1.807) is 18.6 Å². The molecule has 2 rings (SSSR count). The zero-order chi connectivity index (χ0) is 22.3. The second kappa shape index (κ2) is 10.0. The van der Waals surface area contributed by atoms with Gasteiger partial charge < -0.3 is 27.8 Å². The van der Waals surface area contributed by atoms with Crippen molar-refractivity contribution in [2.24, 2.45) is 28.1 Å². The van der Waals surface area contributed by atoms with Gasteiger partial charge in [0.05, 0.1) is 22.7 Å². The minimum absolute atomic E-state index is 0.136. The van der Waals surface area contributed by atoms with Crippen molar-refractivity contribution < 1.29 is 0 Å². The summed E-state index contributed by atoms with van der Waals surface area (Å²) < 4.78 is 0. The smallest absolute Gasteiger partial charge is 0.117 e. The molecule has 0 radical (unpaired) electrons. The molecule has 1 aliphatic rings. The van der Waals surface area contributed by atoms with Gasteiger partial charge in [0.2, 0.25) is 0 Å². The Labute approximate surface area is 179 Å². The van der Waals surface area contributed by atoms with Crippen LogP contribution in [0.25, 0.3) is 11.6 Å². The van der Waals surface area contributed by atoms with Crippen molar-refractivity contribution in [3.63, 3.8) is 0 Å². The molecule has 0 fully saturated rings. The summed E-state index contributed by atoms with van der Waals surface area (Å²) >= 11 is 0. The van der Waals surface area contributed by atoms with Crippen molar-refractivity contribution in [2.75, 3.05) is 5.32 Å². The Balaban J connectivity index is 2.18. The highest BCUT2D eigenvalue weighted by Crippen LogP contribution is 2.25. The zero-order valence-corrected chi connectivity index (χ0v) is 18.6. The maximum absolute atomic E-state index is 6.15. The van der Waals surface area contributed by atoms with Gasteiger partial charge in [-0.2, -0.15) is 0 Å². The van der Waals surface area contributed by atoms with Crippen molar-refractivity contribution in [3.05, 3.63) is 59.5 Å².